The predicted octanol–water partition coefficient (Wildman–Crippen LogP) is 4.00. The zero-order chi connectivity index (χ0) is 22.8. The second-order valence-corrected chi connectivity index (χ2v) is 8.39. The number of sulfonamides is 1. The third-order valence-corrected chi connectivity index (χ3v) is 6.01. The van der Waals surface area contributed by atoms with E-state index < -0.39 is 43.2 Å². The number of rotatable bonds is 6. The van der Waals surface area contributed by atoms with Gasteiger partial charge >= 0.3 is 11.9 Å². The van der Waals surface area contributed by atoms with Gasteiger partial charge in [-0.15, -0.1) is 0 Å². The van der Waals surface area contributed by atoms with E-state index >= 15 is 0 Å². The zero-order valence-electron chi connectivity index (χ0n) is 16.0. The number of esters is 1. The smallest absolute Gasteiger partial charge is 0.339 e. The highest BCUT2D eigenvalue weighted by Gasteiger charge is 2.26. The molecule has 0 aliphatic carbocycles. The number of carboxylic acid groups (broad SMARTS) is 1. The first-order valence-corrected chi connectivity index (χ1v) is 10.6. The molecule has 0 bridgehead atoms. The molecule has 3 rings (SSSR count). The van der Waals surface area contributed by atoms with Crippen molar-refractivity contribution in [2.24, 2.45) is 0 Å². The maximum absolute atomic E-state index is 13.0. The van der Waals surface area contributed by atoms with E-state index in [0.29, 0.717) is 5.56 Å². The fourth-order valence-corrected chi connectivity index (χ4v) is 4.32. The minimum Gasteiger partial charge on any atom is -0.505 e. The third-order valence-electron chi connectivity index (χ3n) is 4.34. The number of benzene rings is 3. The summed E-state index contributed by atoms with van der Waals surface area (Å²) in [7, 11) is -3.39. The first-order valence-electron chi connectivity index (χ1n) is 8.70. The summed E-state index contributed by atoms with van der Waals surface area (Å²) in [6, 6.07) is 15.2. The molecule has 3 N–H and O–H groups in total. The van der Waals surface area contributed by atoms with Gasteiger partial charge in [0.15, 0.2) is 5.75 Å². The van der Waals surface area contributed by atoms with Gasteiger partial charge in [-0.2, -0.15) is 0 Å². The first kappa shape index (κ1) is 22.1. The van der Waals surface area contributed by atoms with Crippen LogP contribution < -0.4 is 4.72 Å². The van der Waals surface area contributed by atoms with E-state index in [0.717, 1.165) is 24.8 Å². The molecule has 0 aliphatic heterocycles. The van der Waals surface area contributed by atoms with Crippen LogP contribution in [0, 0.1) is 0 Å². The number of aromatic hydroxyl groups is 1. The van der Waals surface area contributed by atoms with Gasteiger partial charge in [-0.3, -0.25) is 4.72 Å². The number of hydrogen-bond acceptors (Lipinski definition) is 6. The van der Waals surface area contributed by atoms with Crippen LogP contribution in [0.5, 0.6) is 5.75 Å². The summed E-state index contributed by atoms with van der Waals surface area (Å²) in [6.07, 6.45) is 0. The highest BCUT2D eigenvalue weighted by atomic mass is 35.5. The van der Waals surface area contributed by atoms with Crippen LogP contribution in [-0.4, -0.2) is 37.7 Å². The molecule has 0 aliphatic rings. The number of nitrogens with one attached hydrogen (secondary N) is 1. The number of phenolic OH excluding ortho intramolecular Hbond substituents is 1. The fourth-order valence-electron chi connectivity index (χ4n) is 2.83. The van der Waals surface area contributed by atoms with Gasteiger partial charge in [0.25, 0.3) is 10.0 Å². The highest BCUT2D eigenvalue weighted by molar-refractivity contribution is 7.92. The maximum atomic E-state index is 13.0. The molecular weight excluding hydrogens is 446 g/mol. The molecule has 0 saturated heterocycles. The molecule has 3 aromatic rings. The van der Waals surface area contributed by atoms with Crippen molar-refractivity contribution in [2.75, 3.05) is 11.8 Å². The minimum atomic E-state index is -4.54. The van der Waals surface area contributed by atoms with Crippen LogP contribution in [-0.2, 0) is 14.8 Å². The molecule has 3 aromatic carbocycles. The van der Waals surface area contributed by atoms with Crippen molar-refractivity contribution in [2.45, 2.75) is 4.90 Å². The summed E-state index contributed by atoms with van der Waals surface area (Å²) < 4.78 is 32.9. The van der Waals surface area contributed by atoms with Gasteiger partial charge in [-0.1, -0.05) is 48.0 Å². The van der Waals surface area contributed by atoms with Gasteiger partial charge < -0.3 is 14.9 Å². The molecule has 0 aromatic heterocycles. The van der Waals surface area contributed by atoms with Gasteiger partial charge in [-0.25, -0.2) is 18.0 Å². The molecular formula is C21H16ClNO7S. The van der Waals surface area contributed by atoms with Gasteiger partial charge in [0, 0.05) is 0 Å². The van der Waals surface area contributed by atoms with Crippen LogP contribution in [0.15, 0.2) is 65.6 Å². The van der Waals surface area contributed by atoms with Crippen molar-refractivity contribution >= 4 is 39.3 Å². The number of ether oxygens (including phenoxy) is 1. The monoisotopic (exact) mass is 461 g/mol. The molecule has 10 heteroatoms. The largest absolute Gasteiger partial charge is 0.505 e. The molecule has 8 nitrogen and oxygen atoms in total. The average molecular weight is 462 g/mol. The van der Waals surface area contributed by atoms with Crippen LogP contribution >= 0.6 is 11.6 Å². The van der Waals surface area contributed by atoms with Crippen LogP contribution in [0.3, 0.4) is 0 Å². The molecule has 31 heavy (non-hydrogen) atoms. The zero-order valence-corrected chi connectivity index (χ0v) is 17.6. The molecule has 0 radical (unpaired) electrons. The van der Waals surface area contributed by atoms with Gasteiger partial charge in [-0.05, 0) is 35.4 Å². The van der Waals surface area contributed by atoms with E-state index in [-0.39, 0.29) is 11.3 Å². The number of phenols is 1. The van der Waals surface area contributed by atoms with E-state index in [4.69, 9.17) is 16.3 Å². The number of methoxy groups -OCH3 is 1. The van der Waals surface area contributed by atoms with Crippen LogP contribution in [0.1, 0.15) is 20.7 Å². The second-order valence-electron chi connectivity index (χ2n) is 6.33. The number of carboxylic acids is 1. The van der Waals surface area contributed by atoms with Gasteiger partial charge in [0.1, 0.15) is 4.90 Å². The summed E-state index contributed by atoms with van der Waals surface area (Å²) in [5.74, 6) is -3.04. The fraction of sp³-hybridized carbons (Fsp3) is 0.0476. The van der Waals surface area contributed by atoms with Crippen LogP contribution in [0.25, 0.3) is 11.1 Å². The number of hydrogen-bond donors (Lipinski definition) is 3. The molecule has 0 unspecified atom stereocenters. The van der Waals surface area contributed by atoms with E-state index in [1.807, 2.05) is 6.07 Å². The van der Waals surface area contributed by atoms with Gasteiger partial charge in [0.05, 0.1) is 28.9 Å². The lowest BCUT2D eigenvalue weighted by molar-refractivity contribution is 0.0601. The summed E-state index contributed by atoms with van der Waals surface area (Å²) in [4.78, 5) is 22.7. The molecule has 0 saturated carbocycles. The average Bonchev–Trinajstić information content (AvgIpc) is 2.75. The van der Waals surface area contributed by atoms with Crippen LogP contribution in [0.2, 0.25) is 5.02 Å². The summed E-state index contributed by atoms with van der Waals surface area (Å²) in [6.45, 7) is 0. The summed E-state index contributed by atoms with van der Waals surface area (Å²) in [5.41, 5.74) is 0.732. The molecule has 160 valence electrons. The third kappa shape index (κ3) is 4.62. The summed E-state index contributed by atoms with van der Waals surface area (Å²) in [5, 5.41) is 18.9. The predicted molar refractivity (Wildman–Crippen MR) is 114 cm³/mol. The molecule has 0 heterocycles. The number of aromatic carboxylic acids is 1. The Morgan fingerprint density at radius 1 is 1.00 bits per heavy atom. The lowest BCUT2D eigenvalue weighted by Gasteiger charge is -2.15. The SMILES string of the molecule is COC(=O)c1ccc(-c2ccccc2)cc1NS(=O)(=O)c1cc(C(=O)O)cc(Cl)c1O. The Kier molecular flexibility index (Phi) is 6.19. The first-order chi connectivity index (χ1) is 14.6. The Balaban J connectivity index is 2.14. The van der Waals surface area contributed by atoms with Crippen molar-refractivity contribution < 1.29 is 33.0 Å². The molecule has 0 spiro atoms. The van der Waals surface area contributed by atoms with E-state index in [1.165, 1.54) is 12.1 Å². The Hall–Kier alpha value is -3.56. The lowest BCUT2D eigenvalue weighted by atomic mass is 10.0. The number of carbonyl (C=O) groups excluding carboxylic acids is 1. The van der Waals surface area contributed by atoms with Crippen molar-refractivity contribution in [3.63, 3.8) is 0 Å². The number of carbonyl (C=O) groups is 2. The van der Waals surface area contributed by atoms with Crippen molar-refractivity contribution in [1.29, 1.82) is 0 Å². The van der Waals surface area contributed by atoms with E-state index in [9.17, 15) is 28.2 Å². The quantitative estimate of drug-likeness (QED) is 0.473. The van der Waals surface area contributed by atoms with Crippen LogP contribution in [0.4, 0.5) is 5.69 Å². The molecule has 0 amide bonds. The Bertz CT molecular complexity index is 1270. The van der Waals surface area contributed by atoms with E-state index in [1.54, 1.807) is 30.3 Å². The standard InChI is InChI=1S/C21H16ClNO7S/c1-30-21(27)15-8-7-13(12-5-3-2-4-6-12)10-17(15)23-31(28,29)18-11-14(20(25)26)9-16(22)19(18)24/h2-11,23-24H,1H3,(H,25,26). The molecule has 0 fully saturated rings. The van der Waals surface area contributed by atoms with Gasteiger partial charge in [0.2, 0.25) is 0 Å². The van der Waals surface area contributed by atoms with Crippen molar-refractivity contribution in [3.05, 3.63) is 76.8 Å². The number of halogens is 1. The highest BCUT2D eigenvalue weighted by Crippen LogP contribution is 2.35. The maximum Gasteiger partial charge on any atom is 0.339 e. The van der Waals surface area contributed by atoms with Crippen molar-refractivity contribution in [3.8, 4) is 16.9 Å². The topological polar surface area (TPSA) is 130 Å². The van der Waals surface area contributed by atoms with Crippen molar-refractivity contribution in [1.82, 2.24) is 0 Å². The number of anilines is 1. The Morgan fingerprint density at radius 3 is 2.29 bits per heavy atom. The normalized spacial score (nSPS) is 11.0. The minimum absolute atomic E-state index is 0.0780. The second kappa shape index (κ2) is 8.66. The van der Waals surface area contributed by atoms with E-state index in [2.05, 4.69) is 4.72 Å². The lowest BCUT2D eigenvalue weighted by Crippen LogP contribution is -2.17. The Labute approximate surface area is 182 Å². The summed E-state index contributed by atoms with van der Waals surface area (Å²) >= 11 is 5.80. The molecule has 0 atom stereocenters. The Morgan fingerprint density at radius 2 is 1.68 bits per heavy atom.